The standard InChI is InChI=1S/C15H22N2O3/c1-4-13(5-2)17(3)15(20)16-12-8-6-11(7-9-12)10-14(18)19/h6-9,13H,4-5,10H2,1-3H3,(H,16,20)(H,18,19). The Morgan fingerprint density at radius 3 is 2.20 bits per heavy atom. The first-order chi connectivity index (χ1) is 9.47. The van der Waals surface area contributed by atoms with Crippen LogP contribution in [0.5, 0.6) is 0 Å². The van der Waals surface area contributed by atoms with Crippen molar-refractivity contribution in [1.29, 1.82) is 0 Å². The molecule has 0 saturated heterocycles. The number of nitrogens with one attached hydrogen (secondary N) is 1. The molecule has 5 nitrogen and oxygen atoms in total. The second-order valence-electron chi connectivity index (χ2n) is 4.78. The normalized spacial score (nSPS) is 10.4. The third-order valence-corrected chi connectivity index (χ3v) is 3.37. The van der Waals surface area contributed by atoms with E-state index in [1.165, 1.54) is 0 Å². The van der Waals surface area contributed by atoms with E-state index in [-0.39, 0.29) is 18.5 Å². The molecule has 2 N–H and O–H groups in total. The van der Waals surface area contributed by atoms with Crippen LogP contribution in [0.4, 0.5) is 10.5 Å². The van der Waals surface area contributed by atoms with Gasteiger partial charge in [-0.15, -0.1) is 0 Å². The van der Waals surface area contributed by atoms with E-state index in [2.05, 4.69) is 19.2 Å². The molecule has 0 radical (unpaired) electrons. The van der Waals surface area contributed by atoms with Crippen LogP contribution in [0.3, 0.4) is 0 Å². The van der Waals surface area contributed by atoms with Crippen molar-refractivity contribution in [3.05, 3.63) is 29.8 Å². The summed E-state index contributed by atoms with van der Waals surface area (Å²) in [5, 5.41) is 11.5. The average Bonchev–Trinajstić information content (AvgIpc) is 2.41. The van der Waals surface area contributed by atoms with Crippen molar-refractivity contribution in [1.82, 2.24) is 4.90 Å². The summed E-state index contributed by atoms with van der Waals surface area (Å²) in [5.41, 5.74) is 1.38. The molecule has 0 bridgehead atoms. The summed E-state index contributed by atoms with van der Waals surface area (Å²) in [7, 11) is 1.78. The monoisotopic (exact) mass is 278 g/mol. The van der Waals surface area contributed by atoms with Crippen molar-refractivity contribution < 1.29 is 14.7 Å². The predicted octanol–water partition coefficient (Wildman–Crippen LogP) is 2.97. The van der Waals surface area contributed by atoms with Crippen molar-refractivity contribution in [2.45, 2.75) is 39.2 Å². The topological polar surface area (TPSA) is 69.6 Å². The van der Waals surface area contributed by atoms with Gasteiger partial charge in [0.25, 0.3) is 0 Å². The molecule has 0 aliphatic carbocycles. The van der Waals surface area contributed by atoms with Crippen molar-refractivity contribution >= 4 is 17.7 Å². The number of carboxylic acids is 1. The van der Waals surface area contributed by atoms with Gasteiger partial charge in [-0.25, -0.2) is 4.79 Å². The molecule has 110 valence electrons. The molecule has 20 heavy (non-hydrogen) atoms. The molecule has 0 atom stereocenters. The van der Waals surface area contributed by atoms with Gasteiger partial charge >= 0.3 is 12.0 Å². The summed E-state index contributed by atoms with van der Waals surface area (Å²) in [6, 6.07) is 6.93. The molecule has 1 aromatic rings. The molecule has 1 aromatic carbocycles. The molecule has 5 heteroatoms. The SMILES string of the molecule is CCC(CC)N(C)C(=O)Nc1ccc(CC(=O)O)cc1. The van der Waals surface area contributed by atoms with E-state index in [9.17, 15) is 9.59 Å². The number of urea groups is 1. The third-order valence-electron chi connectivity index (χ3n) is 3.37. The molecule has 0 aliphatic heterocycles. The molecule has 0 spiro atoms. The van der Waals surface area contributed by atoms with E-state index in [0.717, 1.165) is 12.8 Å². The van der Waals surface area contributed by atoms with E-state index in [1.54, 1.807) is 36.2 Å². The van der Waals surface area contributed by atoms with Crippen molar-refractivity contribution in [3.8, 4) is 0 Å². The van der Waals surface area contributed by atoms with E-state index in [0.29, 0.717) is 11.3 Å². The van der Waals surface area contributed by atoms with Gasteiger partial charge in [-0.2, -0.15) is 0 Å². The number of aliphatic carboxylic acids is 1. The molecule has 0 heterocycles. The number of carboxylic acid groups (broad SMARTS) is 1. The largest absolute Gasteiger partial charge is 0.481 e. The Morgan fingerprint density at radius 2 is 1.75 bits per heavy atom. The lowest BCUT2D eigenvalue weighted by atomic mass is 10.1. The number of hydrogen-bond acceptors (Lipinski definition) is 2. The zero-order chi connectivity index (χ0) is 15.1. The van der Waals surface area contributed by atoms with Crippen LogP contribution in [-0.4, -0.2) is 35.1 Å². The summed E-state index contributed by atoms with van der Waals surface area (Å²) in [4.78, 5) is 24.3. The van der Waals surface area contributed by atoms with Crippen LogP contribution in [0, 0.1) is 0 Å². The fourth-order valence-electron chi connectivity index (χ4n) is 2.09. The van der Waals surface area contributed by atoms with Gasteiger partial charge in [-0.3, -0.25) is 4.79 Å². The second kappa shape index (κ2) is 7.53. The van der Waals surface area contributed by atoms with Gasteiger partial charge in [0.2, 0.25) is 0 Å². The highest BCUT2D eigenvalue weighted by atomic mass is 16.4. The lowest BCUT2D eigenvalue weighted by Crippen LogP contribution is -2.39. The highest BCUT2D eigenvalue weighted by molar-refractivity contribution is 5.89. The lowest BCUT2D eigenvalue weighted by molar-refractivity contribution is -0.136. The van der Waals surface area contributed by atoms with Crippen molar-refractivity contribution in [3.63, 3.8) is 0 Å². The van der Waals surface area contributed by atoms with Crippen LogP contribution >= 0.6 is 0 Å². The van der Waals surface area contributed by atoms with Gasteiger partial charge in [0.1, 0.15) is 0 Å². The Balaban J connectivity index is 2.64. The Labute approximate surface area is 119 Å². The maximum absolute atomic E-state index is 12.1. The van der Waals surface area contributed by atoms with Gasteiger partial charge in [-0.05, 0) is 30.5 Å². The second-order valence-corrected chi connectivity index (χ2v) is 4.78. The van der Waals surface area contributed by atoms with Crippen molar-refractivity contribution in [2.24, 2.45) is 0 Å². The Hall–Kier alpha value is -2.04. The lowest BCUT2D eigenvalue weighted by Gasteiger charge is -2.26. The van der Waals surface area contributed by atoms with Crippen LogP contribution in [0.15, 0.2) is 24.3 Å². The minimum Gasteiger partial charge on any atom is -0.481 e. The van der Waals surface area contributed by atoms with Crippen LogP contribution in [0.25, 0.3) is 0 Å². The molecule has 0 unspecified atom stereocenters. The number of nitrogens with zero attached hydrogens (tertiary/aromatic N) is 1. The highest BCUT2D eigenvalue weighted by Gasteiger charge is 2.16. The maximum Gasteiger partial charge on any atom is 0.321 e. The highest BCUT2D eigenvalue weighted by Crippen LogP contribution is 2.13. The first-order valence-corrected chi connectivity index (χ1v) is 6.82. The predicted molar refractivity (Wildman–Crippen MR) is 78.9 cm³/mol. The minimum absolute atomic E-state index is 0.0120. The summed E-state index contributed by atoms with van der Waals surface area (Å²) >= 11 is 0. The summed E-state index contributed by atoms with van der Waals surface area (Å²) in [5.74, 6) is -0.866. The smallest absolute Gasteiger partial charge is 0.321 e. The first-order valence-electron chi connectivity index (χ1n) is 6.82. The summed E-state index contributed by atoms with van der Waals surface area (Å²) in [6.07, 6.45) is 1.82. The van der Waals surface area contributed by atoms with Crippen LogP contribution in [0.1, 0.15) is 32.3 Å². The van der Waals surface area contributed by atoms with Gasteiger partial charge in [-0.1, -0.05) is 26.0 Å². The van der Waals surface area contributed by atoms with Crippen LogP contribution in [-0.2, 0) is 11.2 Å². The fourth-order valence-corrected chi connectivity index (χ4v) is 2.09. The summed E-state index contributed by atoms with van der Waals surface area (Å²) < 4.78 is 0. The molecule has 1 rings (SSSR count). The molecule has 0 fully saturated rings. The third kappa shape index (κ3) is 4.57. The maximum atomic E-state index is 12.1. The Bertz CT molecular complexity index is 453. The van der Waals surface area contributed by atoms with Gasteiger partial charge in [0, 0.05) is 18.8 Å². The molecular weight excluding hydrogens is 256 g/mol. The number of anilines is 1. The molecule has 0 saturated carbocycles. The molecule has 0 aromatic heterocycles. The molecule has 2 amide bonds. The quantitative estimate of drug-likeness (QED) is 0.840. The Morgan fingerprint density at radius 1 is 1.20 bits per heavy atom. The van der Waals surface area contributed by atoms with Gasteiger partial charge in [0.05, 0.1) is 6.42 Å². The minimum atomic E-state index is -0.866. The first kappa shape index (κ1) is 16.0. The van der Waals surface area contributed by atoms with E-state index in [1.807, 2.05) is 0 Å². The Kier molecular flexibility index (Phi) is 6.03. The number of benzene rings is 1. The molecular formula is C15H22N2O3. The zero-order valence-electron chi connectivity index (χ0n) is 12.2. The van der Waals surface area contributed by atoms with Crippen LogP contribution < -0.4 is 5.32 Å². The fraction of sp³-hybridized carbons (Fsp3) is 0.467. The van der Waals surface area contributed by atoms with Crippen molar-refractivity contribution in [2.75, 3.05) is 12.4 Å². The number of hydrogen-bond donors (Lipinski definition) is 2. The van der Waals surface area contributed by atoms with E-state index in [4.69, 9.17) is 5.11 Å². The van der Waals surface area contributed by atoms with Gasteiger partial charge in [0.15, 0.2) is 0 Å². The van der Waals surface area contributed by atoms with Crippen LogP contribution in [0.2, 0.25) is 0 Å². The number of rotatable bonds is 6. The summed E-state index contributed by atoms with van der Waals surface area (Å²) in [6.45, 7) is 4.11. The number of carbonyl (C=O) groups excluding carboxylic acids is 1. The zero-order valence-corrected chi connectivity index (χ0v) is 12.2. The van der Waals surface area contributed by atoms with Gasteiger partial charge < -0.3 is 15.3 Å². The number of carbonyl (C=O) groups is 2. The molecule has 0 aliphatic rings. The van der Waals surface area contributed by atoms with E-state index >= 15 is 0 Å². The number of amides is 2. The van der Waals surface area contributed by atoms with E-state index < -0.39 is 5.97 Å². The average molecular weight is 278 g/mol.